The number of aryl methyl sites for hydroxylation is 2. The molecule has 1 aromatic carbocycles. The summed E-state index contributed by atoms with van der Waals surface area (Å²) in [5, 5.41) is 2.71. The molecule has 5 rings (SSSR count). The Bertz CT molecular complexity index is 1650. The van der Waals surface area contributed by atoms with Gasteiger partial charge in [0.05, 0.1) is 17.0 Å². The van der Waals surface area contributed by atoms with Crippen molar-refractivity contribution in [1.82, 2.24) is 19.4 Å². The lowest BCUT2D eigenvalue weighted by Gasteiger charge is -2.19. The molecule has 8 nitrogen and oxygen atoms in total. The summed E-state index contributed by atoms with van der Waals surface area (Å²) in [5.41, 5.74) is 11.0. The van der Waals surface area contributed by atoms with Crippen molar-refractivity contribution in [3.8, 4) is 11.1 Å². The van der Waals surface area contributed by atoms with Crippen LogP contribution >= 0.6 is 0 Å². The van der Waals surface area contributed by atoms with E-state index in [1.54, 1.807) is 49.7 Å². The molecule has 37 heavy (non-hydrogen) atoms. The van der Waals surface area contributed by atoms with E-state index in [2.05, 4.69) is 26.8 Å². The van der Waals surface area contributed by atoms with Gasteiger partial charge in [-0.15, -0.1) is 0 Å². The fourth-order valence-electron chi connectivity index (χ4n) is 4.60. The average Bonchev–Trinajstić information content (AvgIpc) is 3.19. The third-order valence-corrected chi connectivity index (χ3v) is 6.32. The van der Waals surface area contributed by atoms with Crippen LogP contribution in [-0.2, 0) is 9.59 Å². The molecule has 0 fully saturated rings. The Kier molecular flexibility index (Phi) is 5.96. The topological polar surface area (TPSA) is 115 Å². The van der Waals surface area contributed by atoms with Gasteiger partial charge in [0.2, 0.25) is 11.7 Å². The summed E-state index contributed by atoms with van der Waals surface area (Å²) in [6.45, 7) is 7.13. The van der Waals surface area contributed by atoms with E-state index >= 15 is 4.39 Å². The van der Waals surface area contributed by atoms with Gasteiger partial charge < -0.3 is 15.5 Å². The summed E-state index contributed by atoms with van der Waals surface area (Å²) < 4.78 is 17.4. The number of nitrogens with two attached hydrogens (primary N) is 1. The van der Waals surface area contributed by atoms with Crippen molar-refractivity contribution in [1.29, 1.82) is 0 Å². The molecule has 0 saturated carbocycles. The first-order valence-electron chi connectivity index (χ1n) is 11.5. The normalized spacial score (nSPS) is 15.3. The van der Waals surface area contributed by atoms with Gasteiger partial charge in [-0.25, -0.2) is 19.3 Å². The Morgan fingerprint density at radius 2 is 1.92 bits per heavy atom. The Labute approximate surface area is 212 Å². The highest BCUT2D eigenvalue weighted by molar-refractivity contribution is 6.11. The van der Waals surface area contributed by atoms with Crippen molar-refractivity contribution in [2.24, 2.45) is 0 Å². The number of ketones is 1. The van der Waals surface area contributed by atoms with Crippen molar-refractivity contribution in [2.45, 2.75) is 19.8 Å². The number of rotatable bonds is 5. The lowest BCUT2D eigenvalue weighted by Crippen LogP contribution is -2.17. The molecule has 0 aliphatic heterocycles. The number of hydrogen-bond donors (Lipinski definition) is 2. The van der Waals surface area contributed by atoms with Gasteiger partial charge in [-0.05, 0) is 43.7 Å². The van der Waals surface area contributed by atoms with Gasteiger partial charge in [0.15, 0.2) is 11.7 Å². The van der Waals surface area contributed by atoms with Crippen molar-refractivity contribution in [3.63, 3.8) is 0 Å². The number of nitrogens with one attached hydrogen (secondary N) is 1. The second-order valence-electron chi connectivity index (χ2n) is 8.63. The van der Waals surface area contributed by atoms with E-state index in [-0.39, 0.29) is 23.1 Å². The molecule has 0 radical (unpaired) electrons. The molecule has 1 aliphatic rings. The van der Waals surface area contributed by atoms with Crippen LogP contribution in [0.15, 0.2) is 79.6 Å². The number of halogens is 1. The molecule has 1 unspecified atom stereocenters. The Balaban J connectivity index is 1.66. The summed E-state index contributed by atoms with van der Waals surface area (Å²) in [5.74, 6) is -2.52. The minimum absolute atomic E-state index is 0.0418. The number of hydrogen-bond acceptors (Lipinski definition) is 6. The number of carbonyl (C=O) groups is 2. The second kappa shape index (κ2) is 9.27. The number of carbonyl (C=O) groups excluding carboxylic acids is 2. The number of anilines is 2. The van der Waals surface area contributed by atoms with Gasteiger partial charge in [0.25, 0.3) is 0 Å². The van der Waals surface area contributed by atoms with E-state index in [4.69, 9.17) is 5.73 Å². The number of nitrogen functional groups attached to an aromatic ring is 1. The zero-order valence-corrected chi connectivity index (χ0v) is 20.2. The van der Waals surface area contributed by atoms with Gasteiger partial charge in [-0.2, -0.15) is 0 Å². The van der Waals surface area contributed by atoms with Crippen LogP contribution in [0, 0.1) is 13.8 Å². The van der Waals surface area contributed by atoms with Crippen LogP contribution in [0.25, 0.3) is 22.2 Å². The fraction of sp³-hybridized carbons (Fsp3) is 0.107. The number of benzene rings is 1. The molecule has 4 aromatic rings. The number of allylic oxidation sites excluding steroid dienone is 4. The quantitative estimate of drug-likeness (QED) is 0.388. The molecule has 9 heteroatoms. The van der Waals surface area contributed by atoms with Crippen LogP contribution < -0.4 is 11.1 Å². The molecule has 1 amide bonds. The van der Waals surface area contributed by atoms with E-state index in [1.165, 1.54) is 12.3 Å². The second-order valence-corrected chi connectivity index (χ2v) is 8.63. The maximum absolute atomic E-state index is 15.5. The van der Waals surface area contributed by atoms with E-state index in [9.17, 15) is 9.59 Å². The predicted octanol–water partition coefficient (Wildman–Crippen LogP) is 4.72. The highest BCUT2D eigenvalue weighted by Gasteiger charge is 2.34. The highest BCUT2D eigenvalue weighted by atomic mass is 19.1. The molecule has 0 spiro atoms. The lowest BCUT2D eigenvalue weighted by molar-refractivity contribution is -0.117. The first-order chi connectivity index (χ1) is 17.8. The standard InChI is InChI=1S/C28H23FN6O2/c1-4-21(36)34-18-7-5-17(6-8-18)22-16(3)35-14-13-31-27(30)25(35)23(22)19-9-10-20(24(29)26(19)37)28-32-12-11-15(2)33-28/h4-14,19H,1H2,2-3H3,(H2,30,31)(H,34,36). The van der Waals surface area contributed by atoms with Gasteiger partial charge >= 0.3 is 0 Å². The van der Waals surface area contributed by atoms with Crippen LogP contribution in [-0.4, -0.2) is 31.0 Å². The zero-order valence-electron chi connectivity index (χ0n) is 20.2. The first kappa shape index (κ1) is 23.8. The molecular formula is C28H23FN6O2. The van der Waals surface area contributed by atoms with Gasteiger partial charge in [-0.3, -0.25) is 9.59 Å². The minimum atomic E-state index is -0.945. The monoisotopic (exact) mass is 494 g/mol. The van der Waals surface area contributed by atoms with Crippen molar-refractivity contribution >= 4 is 34.3 Å². The first-order valence-corrected chi connectivity index (χ1v) is 11.5. The summed E-state index contributed by atoms with van der Waals surface area (Å²) in [4.78, 5) is 37.8. The van der Waals surface area contributed by atoms with E-state index in [1.807, 2.05) is 23.5 Å². The largest absolute Gasteiger partial charge is 0.382 e. The summed E-state index contributed by atoms with van der Waals surface area (Å²) in [6.07, 6.45) is 9.23. The number of fused-ring (bicyclic) bond motifs is 1. The Hall–Kier alpha value is -4.92. The van der Waals surface area contributed by atoms with E-state index in [0.717, 1.165) is 16.8 Å². The van der Waals surface area contributed by atoms with Gasteiger partial charge in [0, 0.05) is 46.8 Å². The third-order valence-electron chi connectivity index (χ3n) is 6.32. The number of Topliss-reactive ketones (excluding diaryl/α,β-unsaturated/α-hetero) is 1. The van der Waals surface area contributed by atoms with Crippen LogP contribution in [0.1, 0.15) is 28.7 Å². The number of aromatic nitrogens is 4. The molecule has 184 valence electrons. The summed E-state index contributed by atoms with van der Waals surface area (Å²) >= 11 is 0. The summed E-state index contributed by atoms with van der Waals surface area (Å²) in [6, 6.07) is 8.84. The van der Waals surface area contributed by atoms with Crippen molar-refractivity contribution in [3.05, 3.63) is 102 Å². The van der Waals surface area contributed by atoms with Crippen LogP contribution in [0.3, 0.4) is 0 Å². The number of nitrogens with zero attached hydrogens (tertiary/aromatic N) is 4. The van der Waals surface area contributed by atoms with E-state index < -0.39 is 17.5 Å². The zero-order chi connectivity index (χ0) is 26.3. The van der Waals surface area contributed by atoms with E-state index in [0.29, 0.717) is 22.5 Å². The molecule has 0 bridgehead atoms. The molecule has 3 aromatic heterocycles. The van der Waals surface area contributed by atoms with Gasteiger partial charge in [-0.1, -0.05) is 30.9 Å². The molecule has 3 N–H and O–H groups in total. The Morgan fingerprint density at radius 1 is 1.16 bits per heavy atom. The molecule has 0 saturated heterocycles. The third kappa shape index (κ3) is 4.10. The molecular weight excluding hydrogens is 471 g/mol. The predicted molar refractivity (Wildman–Crippen MR) is 140 cm³/mol. The summed E-state index contributed by atoms with van der Waals surface area (Å²) in [7, 11) is 0. The van der Waals surface area contributed by atoms with Gasteiger partial charge in [0.1, 0.15) is 5.82 Å². The SMILES string of the molecule is C=CC(=O)Nc1ccc(-c2c(C3C=CC(c4nccc(C)n4)=C(F)C3=O)c3c(N)nccn3c2C)cc1. The maximum atomic E-state index is 15.5. The molecule has 3 heterocycles. The average molecular weight is 495 g/mol. The number of amides is 1. The van der Waals surface area contributed by atoms with Crippen LogP contribution in [0.2, 0.25) is 0 Å². The van der Waals surface area contributed by atoms with Crippen molar-refractivity contribution < 1.29 is 14.0 Å². The molecule has 1 atom stereocenters. The van der Waals surface area contributed by atoms with Crippen LogP contribution in [0.4, 0.5) is 15.9 Å². The minimum Gasteiger partial charge on any atom is -0.382 e. The Morgan fingerprint density at radius 3 is 2.62 bits per heavy atom. The highest BCUT2D eigenvalue weighted by Crippen LogP contribution is 2.43. The van der Waals surface area contributed by atoms with Crippen LogP contribution in [0.5, 0.6) is 0 Å². The smallest absolute Gasteiger partial charge is 0.247 e. The van der Waals surface area contributed by atoms with Crippen molar-refractivity contribution in [2.75, 3.05) is 11.1 Å². The fourth-order valence-corrected chi connectivity index (χ4v) is 4.60. The molecule has 1 aliphatic carbocycles. The lowest BCUT2D eigenvalue weighted by atomic mass is 9.84. The maximum Gasteiger partial charge on any atom is 0.247 e.